The first-order valence-corrected chi connectivity index (χ1v) is 10.2. The Morgan fingerprint density at radius 2 is 1.63 bits per heavy atom. The number of benzene rings is 1. The van der Waals surface area contributed by atoms with E-state index >= 15 is 0 Å². The van der Waals surface area contributed by atoms with Crippen LogP contribution in [0.15, 0.2) is 30.3 Å². The zero-order valence-corrected chi connectivity index (χ0v) is 16.5. The van der Waals surface area contributed by atoms with Crippen molar-refractivity contribution < 1.29 is 9.53 Å². The second kappa shape index (κ2) is 8.27. The molecule has 148 valence electrons. The number of morpholine rings is 1. The lowest BCUT2D eigenvalue weighted by Gasteiger charge is -2.38. The van der Waals surface area contributed by atoms with Crippen LogP contribution in [0.1, 0.15) is 12.0 Å². The Balaban J connectivity index is 1.17. The minimum Gasteiger partial charge on any atom is -0.362 e. The fraction of sp³-hybridized carbons (Fsp3) is 0.667. The number of hydrogen-bond donors (Lipinski definition) is 0. The molecule has 3 aliphatic heterocycles. The van der Waals surface area contributed by atoms with Crippen LogP contribution < -0.4 is 0 Å². The van der Waals surface area contributed by atoms with Gasteiger partial charge in [-0.25, -0.2) is 0 Å². The Morgan fingerprint density at radius 3 is 2.37 bits per heavy atom. The van der Waals surface area contributed by atoms with Crippen molar-refractivity contribution in [1.29, 1.82) is 0 Å². The van der Waals surface area contributed by atoms with Crippen LogP contribution in [0.25, 0.3) is 0 Å². The van der Waals surface area contributed by atoms with Crippen LogP contribution in [0, 0.1) is 0 Å². The number of nitrogens with zero attached hydrogens (tertiary/aromatic N) is 4. The topological polar surface area (TPSA) is 39.3 Å². The van der Waals surface area contributed by atoms with E-state index in [9.17, 15) is 4.79 Å². The number of ether oxygens (including phenoxy) is 1. The minimum atomic E-state index is -0.128. The Morgan fingerprint density at radius 1 is 0.926 bits per heavy atom. The molecule has 0 saturated carbocycles. The quantitative estimate of drug-likeness (QED) is 0.762. The van der Waals surface area contributed by atoms with Gasteiger partial charge in [0, 0.05) is 66.0 Å². The van der Waals surface area contributed by atoms with Crippen molar-refractivity contribution in [2.45, 2.75) is 18.6 Å². The van der Waals surface area contributed by atoms with E-state index in [2.05, 4.69) is 45.0 Å². The first kappa shape index (κ1) is 18.9. The van der Waals surface area contributed by atoms with E-state index in [-0.39, 0.29) is 18.1 Å². The number of rotatable bonds is 5. The van der Waals surface area contributed by atoms with Crippen molar-refractivity contribution in [3.8, 4) is 0 Å². The molecule has 3 saturated heterocycles. The second-order valence-corrected chi connectivity index (χ2v) is 8.35. The summed E-state index contributed by atoms with van der Waals surface area (Å²) in [5.41, 5.74) is 1.28. The molecule has 0 aromatic heterocycles. The molecule has 3 fully saturated rings. The highest BCUT2D eigenvalue weighted by Gasteiger charge is 2.43. The average Bonchev–Trinajstić information content (AvgIpc) is 3.08. The maximum absolute atomic E-state index is 11.7. The predicted octanol–water partition coefficient (Wildman–Crippen LogP) is 0.737. The van der Waals surface area contributed by atoms with E-state index in [1.807, 2.05) is 11.9 Å². The van der Waals surface area contributed by atoms with E-state index in [4.69, 9.17) is 4.74 Å². The molecule has 0 bridgehead atoms. The summed E-state index contributed by atoms with van der Waals surface area (Å²) >= 11 is 0. The Kier molecular flexibility index (Phi) is 5.78. The zero-order valence-electron chi connectivity index (χ0n) is 16.5. The highest BCUT2D eigenvalue weighted by atomic mass is 16.5. The third-order valence-electron chi connectivity index (χ3n) is 6.29. The summed E-state index contributed by atoms with van der Waals surface area (Å²) in [5, 5.41) is 0. The van der Waals surface area contributed by atoms with Gasteiger partial charge in [-0.2, -0.15) is 0 Å². The summed E-state index contributed by atoms with van der Waals surface area (Å²) in [6.45, 7) is 10.9. The highest BCUT2D eigenvalue weighted by molar-refractivity contribution is 5.78. The van der Waals surface area contributed by atoms with Gasteiger partial charge in [-0.3, -0.25) is 19.5 Å². The second-order valence-electron chi connectivity index (χ2n) is 8.35. The molecule has 3 aliphatic rings. The maximum Gasteiger partial charge on any atom is 0.248 e. The van der Waals surface area contributed by atoms with Gasteiger partial charge in [0.2, 0.25) is 5.91 Å². The van der Waals surface area contributed by atoms with Crippen LogP contribution in [0.4, 0.5) is 0 Å². The van der Waals surface area contributed by atoms with E-state index in [0.717, 1.165) is 71.9 Å². The lowest BCUT2D eigenvalue weighted by molar-refractivity contribution is -0.159. The molecular formula is C21H32N4O2. The smallest absolute Gasteiger partial charge is 0.248 e. The minimum absolute atomic E-state index is 0.104. The van der Waals surface area contributed by atoms with E-state index in [1.165, 1.54) is 5.56 Å². The average molecular weight is 373 g/mol. The molecule has 0 radical (unpaired) electrons. The van der Waals surface area contributed by atoms with Crippen molar-refractivity contribution in [2.24, 2.45) is 0 Å². The third kappa shape index (κ3) is 4.69. The molecule has 3 heterocycles. The number of likely N-dealkylation sites (tertiary alicyclic amines) is 1. The van der Waals surface area contributed by atoms with Crippen LogP contribution in [0.2, 0.25) is 0 Å². The fourth-order valence-electron chi connectivity index (χ4n) is 4.55. The molecule has 4 rings (SSSR count). The maximum atomic E-state index is 11.7. The van der Waals surface area contributed by atoms with E-state index < -0.39 is 0 Å². The van der Waals surface area contributed by atoms with E-state index in [0.29, 0.717) is 0 Å². The molecule has 0 aliphatic carbocycles. The molecule has 1 unspecified atom stereocenters. The van der Waals surface area contributed by atoms with E-state index in [1.54, 1.807) is 0 Å². The Labute approximate surface area is 162 Å². The fourth-order valence-corrected chi connectivity index (χ4v) is 4.55. The summed E-state index contributed by atoms with van der Waals surface area (Å²) in [7, 11) is 1.89. The largest absolute Gasteiger partial charge is 0.362 e. The third-order valence-corrected chi connectivity index (χ3v) is 6.29. The van der Waals surface area contributed by atoms with Gasteiger partial charge in [0.05, 0.1) is 6.54 Å². The number of carbonyl (C=O) groups excluding carboxylic acids is 1. The number of carbonyl (C=O) groups is 1. The van der Waals surface area contributed by atoms with Crippen LogP contribution in [0.5, 0.6) is 0 Å². The van der Waals surface area contributed by atoms with Crippen molar-refractivity contribution >= 4 is 5.91 Å². The van der Waals surface area contributed by atoms with Gasteiger partial charge in [0.15, 0.2) is 0 Å². The zero-order chi connectivity index (χ0) is 18.7. The SMILES string of the molecule is CN1CC2(CCN(CCN3CCN(Cc4ccccc4)CC3)C2)OCC1=O. The Hall–Kier alpha value is -1.47. The standard InChI is InChI=1S/C21H32N4O2/c1-22-17-21(27-16-20(22)26)7-8-25(18-21)14-11-23-9-12-24(13-10-23)15-19-5-3-2-4-6-19/h2-6H,7-18H2,1H3. The number of piperazine rings is 1. The molecule has 0 N–H and O–H groups in total. The molecule has 27 heavy (non-hydrogen) atoms. The van der Waals surface area contributed by atoms with Crippen molar-refractivity contribution in [2.75, 3.05) is 72.6 Å². The predicted molar refractivity (Wildman–Crippen MR) is 106 cm³/mol. The lowest BCUT2D eigenvalue weighted by Crippen LogP contribution is -2.54. The first-order valence-electron chi connectivity index (χ1n) is 10.2. The van der Waals surface area contributed by atoms with Crippen molar-refractivity contribution in [1.82, 2.24) is 19.6 Å². The number of hydrogen-bond acceptors (Lipinski definition) is 5. The van der Waals surface area contributed by atoms with Crippen molar-refractivity contribution in [3.63, 3.8) is 0 Å². The van der Waals surface area contributed by atoms with Gasteiger partial charge in [-0.15, -0.1) is 0 Å². The van der Waals surface area contributed by atoms with Crippen molar-refractivity contribution in [3.05, 3.63) is 35.9 Å². The molecule has 1 amide bonds. The van der Waals surface area contributed by atoms with Crippen LogP contribution in [-0.4, -0.2) is 104 Å². The first-order chi connectivity index (χ1) is 13.1. The van der Waals surface area contributed by atoms with Gasteiger partial charge in [-0.05, 0) is 12.0 Å². The molecule has 1 aromatic rings. The summed E-state index contributed by atoms with van der Waals surface area (Å²) in [6, 6.07) is 10.8. The molecule has 6 nitrogen and oxygen atoms in total. The summed E-state index contributed by atoms with van der Waals surface area (Å²) in [6.07, 6.45) is 1.04. The van der Waals surface area contributed by atoms with Gasteiger partial charge in [-0.1, -0.05) is 30.3 Å². The lowest BCUT2D eigenvalue weighted by atomic mass is 10.0. The molecule has 1 aromatic carbocycles. The summed E-state index contributed by atoms with van der Waals surface area (Å²) in [4.78, 5) is 21.2. The molecular weight excluding hydrogens is 340 g/mol. The van der Waals surface area contributed by atoms with Gasteiger partial charge in [0.1, 0.15) is 12.2 Å². The van der Waals surface area contributed by atoms with Gasteiger partial charge in [0.25, 0.3) is 0 Å². The number of amides is 1. The molecule has 1 spiro atoms. The van der Waals surface area contributed by atoms with Crippen LogP contribution in [-0.2, 0) is 16.1 Å². The Bertz CT molecular complexity index is 632. The van der Waals surface area contributed by atoms with Crippen LogP contribution in [0.3, 0.4) is 0 Å². The summed E-state index contributed by atoms with van der Waals surface area (Å²) in [5.74, 6) is 0.104. The monoisotopic (exact) mass is 372 g/mol. The van der Waals surface area contributed by atoms with Gasteiger partial charge >= 0.3 is 0 Å². The molecule has 1 atom stereocenters. The highest BCUT2D eigenvalue weighted by Crippen LogP contribution is 2.29. The van der Waals surface area contributed by atoms with Gasteiger partial charge < -0.3 is 9.64 Å². The molecule has 6 heteroatoms. The van der Waals surface area contributed by atoms with Crippen LogP contribution >= 0.6 is 0 Å². The number of likely N-dealkylation sites (N-methyl/N-ethyl adjacent to an activating group) is 1. The summed E-state index contributed by atoms with van der Waals surface area (Å²) < 4.78 is 5.95. The normalized spacial score (nSPS) is 28.3.